The zero-order valence-corrected chi connectivity index (χ0v) is 45.2. The quantitative estimate of drug-likeness (QED) is 0.142. The number of nitrogens with zero attached hydrogens (tertiary/aromatic N) is 4. The number of ether oxygens (including phenoxy) is 1. The van der Waals surface area contributed by atoms with Crippen molar-refractivity contribution < 1.29 is 29.9 Å². The third-order valence-electron chi connectivity index (χ3n) is 13.9. The summed E-state index contributed by atoms with van der Waals surface area (Å²) in [4.78, 5) is 9.15. The van der Waals surface area contributed by atoms with Gasteiger partial charge in [-0.25, -0.2) is 4.98 Å². The van der Waals surface area contributed by atoms with Crippen LogP contribution in [0.25, 0.3) is 61.0 Å². The van der Waals surface area contributed by atoms with E-state index >= 15 is 0 Å². The Labute approximate surface area is 450 Å². The van der Waals surface area contributed by atoms with Crippen molar-refractivity contribution in [2.75, 3.05) is 9.80 Å². The first-order valence-corrected chi connectivity index (χ1v) is 24.9. The minimum atomic E-state index is -2.28. The van der Waals surface area contributed by atoms with E-state index in [1.165, 1.54) is 27.8 Å². The number of aryl methyl sites for hydroxylation is 1. The molecule has 10 aromatic rings. The van der Waals surface area contributed by atoms with Crippen LogP contribution in [0.15, 0.2) is 182 Å². The Hall–Kier alpha value is -7.20. The summed E-state index contributed by atoms with van der Waals surface area (Å²) >= 11 is 0. The first-order valence-electron chi connectivity index (χ1n) is 26.4. The Balaban J connectivity index is 0.00000657. The molecule has 6 heteroatoms. The molecule has 11 rings (SSSR count). The van der Waals surface area contributed by atoms with Crippen LogP contribution >= 0.6 is 0 Å². The summed E-state index contributed by atoms with van der Waals surface area (Å²) in [7, 11) is 0. The molecular weight excluding hydrogens is 1070 g/mol. The molecule has 368 valence electrons. The molecule has 5 nitrogen and oxygen atoms in total. The Morgan fingerprint density at radius 1 is 0.521 bits per heavy atom. The second kappa shape index (κ2) is 19.0. The standard InChI is InChI=1S/C67H61N4O.Pt/c1-44-36-37-68-63(38-44)71-59-25-12-11-22-56(59)57-35-33-52(42-62(57)71)72-51-21-16-20-50(41-51)69-43-70(61-27-14-13-26-60(61)69)64-54(23-17-24-55(64)47-18-15-19-48(39-47)65(2,3)4)46-30-28-45(29-31-46)53-34-32-49(66(5,6)7)40-58(53)67(8,9)10;/h11-40,43H,1-10H3;/q-3;/i1D3;. The van der Waals surface area contributed by atoms with Crippen LogP contribution in [-0.4, -0.2) is 9.55 Å². The molecule has 0 aliphatic carbocycles. The fourth-order valence-corrected chi connectivity index (χ4v) is 10.1. The average Bonchev–Trinajstić information content (AvgIpc) is 3.93. The molecule has 0 saturated heterocycles. The zero-order chi connectivity index (χ0) is 52.6. The summed E-state index contributed by atoms with van der Waals surface area (Å²) in [5.74, 6) is 1.49. The molecule has 0 N–H and O–H groups in total. The monoisotopic (exact) mass is 1140 g/mol. The van der Waals surface area contributed by atoms with E-state index in [0.29, 0.717) is 17.3 Å². The van der Waals surface area contributed by atoms with Gasteiger partial charge in [0.15, 0.2) is 0 Å². The van der Waals surface area contributed by atoms with Crippen molar-refractivity contribution in [3.05, 3.63) is 223 Å². The number of fused-ring (bicyclic) bond motifs is 4. The molecule has 1 aliphatic heterocycles. The van der Waals surface area contributed by atoms with Crippen LogP contribution in [0.1, 0.15) is 88.7 Å². The molecule has 0 amide bonds. The van der Waals surface area contributed by atoms with Crippen molar-refractivity contribution >= 4 is 44.6 Å². The molecule has 0 bridgehead atoms. The van der Waals surface area contributed by atoms with Gasteiger partial charge in [0, 0.05) is 76.6 Å². The van der Waals surface area contributed by atoms with Gasteiger partial charge in [0.2, 0.25) is 0 Å². The maximum atomic E-state index is 8.10. The van der Waals surface area contributed by atoms with Crippen molar-refractivity contribution in [3.63, 3.8) is 0 Å². The fourth-order valence-electron chi connectivity index (χ4n) is 10.1. The van der Waals surface area contributed by atoms with Crippen LogP contribution in [0.4, 0.5) is 22.7 Å². The van der Waals surface area contributed by atoms with Gasteiger partial charge in [-0.3, -0.25) is 0 Å². The van der Waals surface area contributed by atoms with Crippen molar-refractivity contribution in [2.45, 2.75) is 85.4 Å². The molecule has 0 fully saturated rings. The third kappa shape index (κ3) is 9.41. The molecule has 3 heterocycles. The van der Waals surface area contributed by atoms with Crippen LogP contribution < -0.4 is 14.5 Å². The Morgan fingerprint density at radius 2 is 1.16 bits per heavy atom. The third-order valence-corrected chi connectivity index (χ3v) is 13.9. The number of hydrogen-bond donors (Lipinski definition) is 0. The van der Waals surface area contributed by atoms with Gasteiger partial charge >= 0.3 is 0 Å². The zero-order valence-electron chi connectivity index (χ0n) is 45.9. The predicted molar refractivity (Wildman–Crippen MR) is 301 cm³/mol. The van der Waals surface area contributed by atoms with E-state index in [2.05, 4.69) is 217 Å². The molecule has 0 unspecified atom stereocenters. The van der Waals surface area contributed by atoms with E-state index in [0.717, 1.165) is 66.8 Å². The normalized spacial score (nSPS) is 13.6. The largest absolute Gasteiger partial charge is 0.509 e. The van der Waals surface area contributed by atoms with Gasteiger partial charge in [0.05, 0.1) is 0 Å². The summed E-state index contributed by atoms with van der Waals surface area (Å²) in [6, 6.07) is 68.5. The van der Waals surface area contributed by atoms with E-state index < -0.39 is 6.85 Å². The summed E-state index contributed by atoms with van der Waals surface area (Å²) < 4.78 is 32.9. The predicted octanol–water partition coefficient (Wildman–Crippen LogP) is 18.2. The number of para-hydroxylation sites is 4. The van der Waals surface area contributed by atoms with Crippen molar-refractivity contribution in [1.29, 1.82) is 0 Å². The molecule has 0 radical (unpaired) electrons. The van der Waals surface area contributed by atoms with Gasteiger partial charge < -0.3 is 19.1 Å². The number of pyridine rings is 1. The second-order valence-electron chi connectivity index (χ2n) is 22.1. The molecule has 1 aliphatic rings. The minimum absolute atomic E-state index is 0. The topological polar surface area (TPSA) is 33.5 Å². The number of benzene rings is 8. The minimum Gasteiger partial charge on any atom is -0.509 e. The van der Waals surface area contributed by atoms with Crippen LogP contribution in [0.3, 0.4) is 0 Å². The summed E-state index contributed by atoms with van der Waals surface area (Å²) in [6.07, 6.45) is 1.55. The Morgan fingerprint density at radius 3 is 1.89 bits per heavy atom. The summed E-state index contributed by atoms with van der Waals surface area (Å²) in [5.41, 5.74) is 16.6. The van der Waals surface area contributed by atoms with Crippen LogP contribution in [0.5, 0.6) is 11.5 Å². The number of anilines is 4. The van der Waals surface area contributed by atoms with E-state index in [1.807, 2.05) is 47.0 Å². The maximum Gasteiger partial charge on any atom is 0.135 e. The fraction of sp³-hybridized carbons (Fsp3) is 0.194. The van der Waals surface area contributed by atoms with Crippen LogP contribution in [0.2, 0.25) is 0 Å². The molecule has 0 atom stereocenters. The molecule has 0 saturated carbocycles. The van der Waals surface area contributed by atoms with E-state index in [9.17, 15) is 0 Å². The van der Waals surface area contributed by atoms with Crippen molar-refractivity contribution in [2.24, 2.45) is 0 Å². The van der Waals surface area contributed by atoms with E-state index in [4.69, 9.17) is 8.85 Å². The number of aromatic nitrogens is 2. The SMILES string of the molecule is [2H]C([2H])([2H])c1ccnc(-n2c3[c-]c(Oc4[c-]c(N5[CH-]N(c6c(-c7ccc(-c8ccc(C(C)(C)C)cc8C(C)(C)C)cc7)cccc6-c6cccc(C(C)(C)C)c6)c6ccccc65)ccc4)ccc3c3ccccc32)c1.[Pt]. The molecule has 73 heavy (non-hydrogen) atoms. The van der Waals surface area contributed by atoms with Crippen LogP contribution in [0, 0.1) is 25.7 Å². The Bertz CT molecular complexity index is 3800. The molecule has 8 aromatic carbocycles. The van der Waals surface area contributed by atoms with Gasteiger partial charge in [-0.2, -0.15) is 12.1 Å². The van der Waals surface area contributed by atoms with Gasteiger partial charge in [0.25, 0.3) is 0 Å². The van der Waals surface area contributed by atoms with Crippen molar-refractivity contribution in [1.82, 2.24) is 9.55 Å². The Kier molecular flexibility index (Phi) is 11.9. The van der Waals surface area contributed by atoms with Gasteiger partial charge in [-0.1, -0.05) is 183 Å². The molecule has 0 spiro atoms. The number of rotatable bonds is 8. The smallest absolute Gasteiger partial charge is 0.135 e. The van der Waals surface area contributed by atoms with E-state index in [1.54, 1.807) is 18.3 Å². The maximum absolute atomic E-state index is 8.10. The molecule has 2 aromatic heterocycles. The van der Waals surface area contributed by atoms with Crippen molar-refractivity contribution in [3.8, 4) is 50.7 Å². The second-order valence-corrected chi connectivity index (χ2v) is 22.1. The summed E-state index contributed by atoms with van der Waals surface area (Å²) in [6.45, 7) is 20.4. The van der Waals surface area contributed by atoms with Crippen LogP contribution in [-0.2, 0) is 37.3 Å². The number of hydrogen-bond acceptors (Lipinski definition) is 4. The summed E-state index contributed by atoms with van der Waals surface area (Å²) in [5, 5.41) is 1.94. The van der Waals surface area contributed by atoms with Gasteiger partial charge in [-0.05, 0) is 103 Å². The molecular formula is C67H61N4OPt-3. The van der Waals surface area contributed by atoms with Gasteiger partial charge in [-0.15, -0.1) is 48.1 Å². The average molecular weight is 1140 g/mol. The first-order chi connectivity index (χ1) is 35.7. The van der Waals surface area contributed by atoms with Gasteiger partial charge in [0.1, 0.15) is 5.82 Å². The van der Waals surface area contributed by atoms with E-state index in [-0.39, 0.29) is 42.9 Å². The first kappa shape index (κ1) is 45.6.